The number of carbonyl (C=O) groups excluding carboxylic acids is 1. The Hall–Kier alpha value is -0.770. The van der Waals surface area contributed by atoms with Crippen molar-refractivity contribution >= 4 is 5.78 Å². The molecular formula is C13H20O. The first-order chi connectivity index (χ1) is 6.58. The quantitative estimate of drug-likeness (QED) is 0.628. The molecule has 1 heteroatoms. The third-order valence-electron chi connectivity index (χ3n) is 3.32. The molecule has 0 N–H and O–H groups in total. The van der Waals surface area contributed by atoms with Crippen LogP contribution in [0.5, 0.6) is 0 Å². The summed E-state index contributed by atoms with van der Waals surface area (Å²) in [6.07, 6.45) is 4.88. The highest BCUT2D eigenvalue weighted by atomic mass is 16.1. The summed E-state index contributed by atoms with van der Waals surface area (Å²) < 4.78 is 0. The van der Waals surface area contributed by atoms with Gasteiger partial charge in [-0.2, -0.15) is 0 Å². The fraction of sp³-hybridized carbons (Fsp3) is 0.769. The number of hydrogen-bond donors (Lipinski definition) is 0. The van der Waals surface area contributed by atoms with Crippen LogP contribution in [-0.4, -0.2) is 5.78 Å². The number of rotatable bonds is 3. The first kappa shape index (κ1) is 11.3. The molecule has 0 saturated heterocycles. The van der Waals surface area contributed by atoms with Crippen molar-refractivity contribution in [2.24, 2.45) is 11.3 Å². The van der Waals surface area contributed by atoms with Crippen LogP contribution in [0.2, 0.25) is 0 Å². The van der Waals surface area contributed by atoms with Crippen molar-refractivity contribution in [2.45, 2.75) is 52.9 Å². The molecule has 1 saturated carbocycles. The van der Waals surface area contributed by atoms with Crippen molar-refractivity contribution in [3.8, 4) is 11.8 Å². The molecule has 1 rings (SSSR count). The molecule has 1 atom stereocenters. The third kappa shape index (κ3) is 2.61. The fourth-order valence-corrected chi connectivity index (χ4v) is 2.41. The van der Waals surface area contributed by atoms with Crippen LogP contribution in [0.4, 0.5) is 0 Å². The Morgan fingerprint density at radius 2 is 2.21 bits per heavy atom. The second kappa shape index (κ2) is 4.64. The van der Waals surface area contributed by atoms with Gasteiger partial charge in [-0.25, -0.2) is 0 Å². The fourth-order valence-electron chi connectivity index (χ4n) is 2.41. The van der Waals surface area contributed by atoms with Crippen LogP contribution in [0.1, 0.15) is 52.9 Å². The van der Waals surface area contributed by atoms with E-state index in [0.29, 0.717) is 18.1 Å². The van der Waals surface area contributed by atoms with Gasteiger partial charge in [0.25, 0.3) is 0 Å². The molecule has 1 aliphatic carbocycles. The average Bonchev–Trinajstić information content (AvgIpc) is 2.45. The van der Waals surface area contributed by atoms with E-state index in [1.54, 1.807) is 0 Å². The lowest BCUT2D eigenvalue weighted by molar-refractivity contribution is -0.125. The molecule has 1 nitrogen and oxygen atoms in total. The molecule has 0 aliphatic heterocycles. The van der Waals surface area contributed by atoms with E-state index in [4.69, 9.17) is 0 Å². The lowest BCUT2D eigenvalue weighted by atomic mass is 9.78. The highest BCUT2D eigenvalue weighted by molar-refractivity contribution is 5.82. The van der Waals surface area contributed by atoms with E-state index in [2.05, 4.69) is 25.7 Å². The maximum Gasteiger partial charge on any atom is 0.137 e. The summed E-state index contributed by atoms with van der Waals surface area (Å²) >= 11 is 0. The van der Waals surface area contributed by atoms with Crippen LogP contribution in [0, 0.1) is 23.2 Å². The van der Waals surface area contributed by atoms with E-state index >= 15 is 0 Å². The van der Waals surface area contributed by atoms with Gasteiger partial charge in [0.2, 0.25) is 0 Å². The van der Waals surface area contributed by atoms with E-state index in [1.165, 1.54) is 12.8 Å². The Labute approximate surface area is 87.3 Å². The van der Waals surface area contributed by atoms with Gasteiger partial charge in [0.05, 0.1) is 0 Å². The lowest BCUT2D eigenvalue weighted by Crippen LogP contribution is -2.25. The maximum absolute atomic E-state index is 11.9. The Balaban J connectivity index is 2.47. The number of ketones is 1. The minimum Gasteiger partial charge on any atom is -0.299 e. The van der Waals surface area contributed by atoms with E-state index in [1.807, 2.05) is 6.92 Å². The smallest absolute Gasteiger partial charge is 0.137 e. The summed E-state index contributed by atoms with van der Waals surface area (Å²) in [5.74, 6) is 6.51. The summed E-state index contributed by atoms with van der Waals surface area (Å²) in [5, 5.41) is 0. The van der Waals surface area contributed by atoms with Crippen molar-refractivity contribution in [1.82, 2.24) is 0 Å². The minimum atomic E-state index is 0.233. The van der Waals surface area contributed by atoms with Crippen LogP contribution in [0.15, 0.2) is 0 Å². The van der Waals surface area contributed by atoms with Crippen LogP contribution in [-0.2, 0) is 4.79 Å². The first-order valence-electron chi connectivity index (χ1n) is 5.50. The van der Waals surface area contributed by atoms with Gasteiger partial charge >= 0.3 is 0 Å². The Bertz CT molecular complexity index is 265. The molecule has 78 valence electrons. The number of carbonyl (C=O) groups is 1. The highest BCUT2D eigenvalue weighted by Crippen LogP contribution is 2.43. The van der Waals surface area contributed by atoms with Crippen LogP contribution >= 0.6 is 0 Å². The molecule has 14 heavy (non-hydrogen) atoms. The normalized spacial score (nSPS) is 24.1. The standard InChI is InChI=1S/C13H20O/c1-4-5-6-9-12(14)11-8-7-10-13(11,2)3/h11H,6-10H2,1-3H3. The molecule has 0 radical (unpaired) electrons. The van der Waals surface area contributed by atoms with Gasteiger partial charge in [0.1, 0.15) is 5.78 Å². The van der Waals surface area contributed by atoms with Crippen LogP contribution in [0.3, 0.4) is 0 Å². The zero-order valence-corrected chi connectivity index (χ0v) is 9.52. The Morgan fingerprint density at radius 1 is 1.50 bits per heavy atom. The van der Waals surface area contributed by atoms with E-state index in [-0.39, 0.29) is 5.41 Å². The molecule has 1 aliphatic rings. The minimum absolute atomic E-state index is 0.233. The monoisotopic (exact) mass is 192 g/mol. The topological polar surface area (TPSA) is 17.1 Å². The van der Waals surface area contributed by atoms with Gasteiger partial charge in [0, 0.05) is 18.8 Å². The van der Waals surface area contributed by atoms with Crippen molar-refractivity contribution < 1.29 is 4.79 Å². The molecule has 0 aromatic rings. The van der Waals surface area contributed by atoms with Crippen LogP contribution in [0.25, 0.3) is 0 Å². The zero-order valence-electron chi connectivity index (χ0n) is 9.52. The molecule has 0 heterocycles. The van der Waals surface area contributed by atoms with Gasteiger partial charge in [0.15, 0.2) is 0 Å². The predicted molar refractivity (Wildman–Crippen MR) is 58.8 cm³/mol. The van der Waals surface area contributed by atoms with E-state index in [0.717, 1.165) is 12.8 Å². The Kier molecular flexibility index (Phi) is 3.75. The maximum atomic E-state index is 11.9. The molecule has 0 bridgehead atoms. The predicted octanol–water partition coefficient (Wildman–Crippen LogP) is 3.19. The third-order valence-corrected chi connectivity index (χ3v) is 3.32. The summed E-state index contributed by atoms with van der Waals surface area (Å²) in [7, 11) is 0. The summed E-state index contributed by atoms with van der Waals surface area (Å²) in [6.45, 7) is 6.26. The number of hydrogen-bond acceptors (Lipinski definition) is 1. The first-order valence-corrected chi connectivity index (χ1v) is 5.50. The van der Waals surface area contributed by atoms with Crippen molar-refractivity contribution in [3.05, 3.63) is 0 Å². The average molecular weight is 192 g/mol. The van der Waals surface area contributed by atoms with Crippen molar-refractivity contribution in [2.75, 3.05) is 0 Å². The van der Waals surface area contributed by atoms with E-state index in [9.17, 15) is 4.79 Å². The molecule has 1 unspecified atom stereocenters. The second-order valence-electron chi connectivity index (χ2n) is 4.83. The largest absolute Gasteiger partial charge is 0.299 e. The molecule has 1 fully saturated rings. The summed E-state index contributed by atoms with van der Waals surface area (Å²) in [4.78, 5) is 11.9. The van der Waals surface area contributed by atoms with Gasteiger partial charge in [-0.1, -0.05) is 20.3 Å². The molecular weight excluding hydrogens is 172 g/mol. The van der Waals surface area contributed by atoms with Gasteiger partial charge in [-0.15, -0.1) is 11.8 Å². The van der Waals surface area contributed by atoms with Crippen molar-refractivity contribution in [1.29, 1.82) is 0 Å². The van der Waals surface area contributed by atoms with Gasteiger partial charge in [-0.05, 0) is 25.2 Å². The second-order valence-corrected chi connectivity index (χ2v) is 4.83. The molecule has 0 spiro atoms. The summed E-state index contributed by atoms with van der Waals surface area (Å²) in [5.41, 5.74) is 0.233. The highest BCUT2D eigenvalue weighted by Gasteiger charge is 2.38. The summed E-state index contributed by atoms with van der Waals surface area (Å²) in [6, 6.07) is 0. The molecule has 0 aromatic heterocycles. The van der Waals surface area contributed by atoms with Gasteiger partial charge in [-0.3, -0.25) is 4.79 Å². The van der Waals surface area contributed by atoms with E-state index < -0.39 is 0 Å². The van der Waals surface area contributed by atoms with Crippen LogP contribution < -0.4 is 0 Å². The SMILES string of the molecule is CC#CCCC(=O)C1CCCC1(C)C. The Morgan fingerprint density at radius 3 is 2.71 bits per heavy atom. The van der Waals surface area contributed by atoms with Gasteiger partial charge < -0.3 is 0 Å². The molecule has 0 amide bonds. The zero-order chi connectivity index (χ0) is 10.6. The lowest BCUT2D eigenvalue weighted by Gasteiger charge is -2.25. The number of Topliss-reactive ketones (excluding diaryl/α,β-unsaturated/α-hetero) is 1. The van der Waals surface area contributed by atoms with Crippen molar-refractivity contribution in [3.63, 3.8) is 0 Å². The molecule has 0 aromatic carbocycles.